The fourth-order valence-electron chi connectivity index (χ4n) is 2.88. The van der Waals surface area contributed by atoms with Crippen molar-refractivity contribution >= 4 is 23.2 Å². The summed E-state index contributed by atoms with van der Waals surface area (Å²) >= 11 is 1.35. The molecule has 0 fully saturated rings. The molecule has 1 aromatic heterocycles. The van der Waals surface area contributed by atoms with Gasteiger partial charge in [-0.1, -0.05) is 54.6 Å². The van der Waals surface area contributed by atoms with E-state index in [-0.39, 0.29) is 11.8 Å². The summed E-state index contributed by atoms with van der Waals surface area (Å²) < 4.78 is 5.69. The Morgan fingerprint density at radius 2 is 1.69 bits per heavy atom. The lowest BCUT2D eigenvalue weighted by Gasteiger charge is -2.25. The number of nitrogens with one attached hydrogen (secondary N) is 1. The first kappa shape index (κ1) is 20.6. The number of benzene rings is 2. The van der Waals surface area contributed by atoms with Crippen molar-refractivity contribution in [2.45, 2.75) is 12.5 Å². The summed E-state index contributed by atoms with van der Waals surface area (Å²) in [6.07, 6.45) is 0.431. The van der Waals surface area contributed by atoms with Gasteiger partial charge in [0.15, 0.2) is 0 Å². The fraction of sp³-hybridized carbons (Fsp3) is 0.217. The lowest BCUT2D eigenvalue weighted by Crippen LogP contribution is -2.49. The van der Waals surface area contributed by atoms with Gasteiger partial charge in [0.05, 0.1) is 11.4 Å². The van der Waals surface area contributed by atoms with Crippen LogP contribution in [-0.2, 0) is 11.2 Å². The number of ether oxygens (including phenoxy) is 1. The molecule has 0 bridgehead atoms. The van der Waals surface area contributed by atoms with Crippen LogP contribution < -0.4 is 10.1 Å². The maximum absolute atomic E-state index is 13.1. The predicted octanol–water partition coefficient (Wildman–Crippen LogP) is 3.63. The lowest BCUT2D eigenvalue weighted by atomic mass is 10.0. The Morgan fingerprint density at radius 1 is 1.00 bits per heavy atom. The Bertz CT molecular complexity index is 898. The third-order valence-corrected chi connectivity index (χ3v) is 5.31. The molecule has 0 aliphatic rings. The Hall–Kier alpha value is -3.12. The molecule has 0 aliphatic carbocycles. The number of rotatable bonds is 9. The second kappa shape index (κ2) is 10.4. The van der Waals surface area contributed by atoms with Gasteiger partial charge < -0.3 is 15.0 Å². The Labute approximate surface area is 174 Å². The number of nitrogens with zero attached hydrogens (tertiary/aromatic N) is 1. The number of hydrogen-bond donors (Lipinski definition) is 1. The summed E-state index contributed by atoms with van der Waals surface area (Å²) in [7, 11) is 1.73. The van der Waals surface area contributed by atoms with Crippen molar-refractivity contribution < 1.29 is 14.3 Å². The van der Waals surface area contributed by atoms with Crippen LogP contribution in [0.2, 0.25) is 0 Å². The molecule has 3 aromatic rings. The van der Waals surface area contributed by atoms with Gasteiger partial charge in [0.1, 0.15) is 18.4 Å². The maximum Gasteiger partial charge on any atom is 0.262 e. The molecule has 5 nitrogen and oxygen atoms in total. The monoisotopic (exact) mass is 408 g/mol. The van der Waals surface area contributed by atoms with Gasteiger partial charge in [-0.3, -0.25) is 9.59 Å². The fourth-order valence-corrected chi connectivity index (χ4v) is 3.51. The highest BCUT2D eigenvalue weighted by atomic mass is 32.1. The third kappa shape index (κ3) is 6.19. The van der Waals surface area contributed by atoms with E-state index in [0.29, 0.717) is 24.4 Å². The Morgan fingerprint density at radius 3 is 2.34 bits per heavy atom. The lowest BCUT2D eigenvalue weighted by molar-refractivity contribution is -0.132. The van der Waals surface area contributed by atoms with Crippen LogP contribution in [0.25, 0.3) is 0 Å². The van der Waals surface area contributed by atoms with Crippen LogP contribution >= 0.6 is 11.3 Å². The van der Waals surface area contributed by atoms with E-state index in [2.05, 4.69) is 5.32 Å². The first-order chi connectivity index (χ1) is 14.1. The number of likely N-dealkylation sites (N-methyl/N-ethyl adjacent to an activating group) is 1. The van der Waals surface area contributed by atoms with Gasteiger partial charge in [-0.05, 0) is 29.1 Å². The smallest absolute Gasteiger partial charge is 0.262 e. The molecular weight excluding hydrogens is 384 g/mol. The van der Waals surface area contributed by atoms with Crippen molar-refractivity contribution in [3.8, 4) is 5.75 Å². The quantitative estimate of drug-likeness (QED) is 0.588. The highest BCUT2D eigenvalue weighted by Crippen LogP contribution is 2.12. The minimum atomic E-state index is -0.645. The zero-order valence-corrected chi connectivity index (χ0v) is 17.1. The van der Waals surface area contributed by atoms with Gasteiger partial charge >= 0.3 is 0 Å². The molecular formula is C23H24N2O3S. The largest absolute Gasteiger partial charge is 0.492 e. The molecule has 0 aliphatic heterocycles. The summed E-state index contributed by atoms with van der Waals surface area (Å²) in [4.78, 5) is 27.8. The summed E-state index contributed by atoms with van der Waals surface area (Å²) in [6.45, 7) is 0.803. The van der Waals surface area contributed by atoms with Crippen LogP contribution in [0, 0.1) is 0 Å². The summed E-state index contributed by atoms with van der Waals surface area (Å²) in [5.41, 5.74) is 0.992. The molecule has 1 unspecified atom stereocenters. The maximum atomic E-state index is 13.1. The molecule has 0 spiro atoms. The van der Waals surface area contributed by atoms with E-state index in [1.165, 1.54) is 11.3 Å². The first-order valence-corrected chi connectivity index (χ1v) is 10.3. The number of hydrogen-bond acceptors (Lipinski definition) is 4. The molecule has 0 radical (unpaired) electrons. The molecule has 0 saturated heterocycles. The van der Waals surface area contributed by atoms with Gasteiger partial charge in [-0.2, -0.15) is 0 Å². The van der Waals surface area contributed by atoms with Crippen molar-refractivity contribution in [3.05, 3.63) is 88.6 Å². The van der Waals surface area contributed by atoms with E-state index in [1.54, 1.807) is 18.0 Å². The number of thiophene rings is 1. The standard InChI is InChI=1S/C23H24N2O3S/c1-25(14-15-28-19-11-6-3-7-12-19)23(27)20(17-18-9-4-2-5-10-18)24-22(26)21-13-8-16-29-21/h2-13,16,20H,14-15,17H2,1H3,(H,24,26). The molecule has 2 amide bonds. The third-order valence-electron chi connectivity index (χ3n) is 4.45. The van der Waals surface area contributed by atoms with E-state index in [1.807, 2.05) is 72.1 Å². The van der Waals surface area contributed by atoms with Crippen molar-refractivity contribution in [2.24, 2.45) is 0 Å². The van der Waals surface area contributed by atoms with Crippen LogP contribution in [0.15, 0.2) is 78.2 Å². The molecule has 1 N–H and O–H groups in total. The number of carbonyl (C=O) groups is 2. The van der Waals surface area contributed by atoms with Crippen molar-refractivity contribution in [3.63, 3.8) is 0 Å². The average molecular weight is 409 g/mol. The zero-order valence-electron chi connectivity index (χ0n) is 16.3. The van der Waals surface area contributed by atoms with Gasteiger partial charge in [-0.15, -0.1) is 11.3 Å². The second-order valence-electron chi connectivity index (χ2n) is 6.61. The molecule has 1 heterocycles. The molecule has 29 heavy (non-hydrogen) atoms. The van der Waals surface area contributed by atoms with Crippen LogP contribution in [0.5, 0.6) is 5.75 Å². The minimum Gasteiger partial charge on any atom is -0.492 e. The van der Waals surface area contributed by atoms with E-state index >= 15 is 0 Å². The van der Waals surface area contributed by atoms with E-state index in [9.17, 15) is 9.59 Å². The van der Waals surface area contributed by atoms with E-state index in [0.717, 1.165) is 11.3 Å². The molecule has 3 rings (SSSR count). The van der Waals surface area contributed by atoms with Crippen LogP contribution in [0.1, 0.15) is 15.2 Å². The highest BCUT2D eigenvalue weighted by molar-refractivity contribution is 7.12. The number of para-hydroxylation sites is 1. The topological polar surface area (TPSA) is 58.6 Å². The van der Waals surface area contributed by atoms with Crippen molar-refractivity contribution in [2.75, 3.05) is 20.2 Å². The van der Waals surface area contributed by atoms with Gasteiger partial charge in [0.2, 0.25) is 5.91 Å². The minimum absolute atomic E-state index is 0.143. The van der Waals surface area contributed by atoms with Crippen LogP contribution in [0.3, 0.4) is 0 Å². The summed E-state index contributed by atoms with van der Waals surface area (Å²) in [5.74, 6) is 0.388. The molecule has 2 aromatic carbocycles. The summed E-state index contributed by atoms with van der Waals surface area (Å²) in [6, 6.07) is 22.1. The Kier molecular flexibility index (Phi) is 7.41. The number of carbonyl (C=O) groups excluding carboxylic acids is 2. The summed E-state index contributed by atoms with van der Waals surface area (Å²) in [5, 5.41) is 4.74. The molecule has 150 valence electrons. The Balaban J connectivity index is 1.63. The molecule has 0 saturated carbocycles. The number of amides is 2. The highest BCUT2D eigenvalue weighted by Gasteiger charge is 2.25. The van der Waals surface area contributed by atoms with Crippen molar-refractivity contribution in [1.29, 1.82) is 0 Å². The normalized spacial score (nSPS) is 11.5. The predicted molar refractivity (Wildman–Crippen MR) is 115 cm³/mol. The first-order valence-electron chi connectivity index (χ1n) is 9.44. The van der Waals surface area contributed by atoms with Crippen LogP contribution in [-0.4, -0.2) is 43.0 Å². The van der Waals surface area contributed by atoms with Gasteiger partial charge in [0.25, 0.3) is 5.91 Å². The van der Waals surface area contributed by atoms with E-state index in [4.69, 9.17) is 4.74 Å². The zero-order chi connectivity index (χ0) is 20.5. The van der Waals surface area contributed by atoms with Crippen molar-refractivity contribution in [1.82, 2.24) is 10.2 Å². The SMILES string of the molecule is CN(CCOc1ccccc1)C(=O)C(Cc1ccccc1)NC(=O)c1cccs1. The van der Waals surface area contributed by atoms with Gasteiger partial charge in [0, 0.05) is 13.5 Å². The van der Waals surface area contributed by atoms with Crippen LogP contribution in [0.4, 0.5) is 0 Å². The molecule has 1 atom stereocenters. The van der Waals surface area contributed by atoms with E-state index < -0.39 is 6.04 Å². The van der Waals surface area contributed by atoms with Gasteiger partial charge in [-0.25, -0.2) is 0 Å². The molecule has 6 heteroatoms. The second-order valence-corrected chi connectivity index (χ2v) is 7.56. The average Bonchev–Trinajstić information content (AvgIpc) is 3.29.